The summed E-state index contributed by atoms with van der Waals surface area (Å²) in [6, 6.07) is 4.19. The molecule has 98 valence electrons. The molecule has 2 N–H and O–H groups in total. The van der Waals surface area contributed by atoms with Crippen LogP contribution < -0.4 is 10.6 Å². The van der Waals surface area contributed by atoms with Crippen LogP contribution in [-0.4, -0.2) is 18.5 Å². The zero-order valence-electron chi connectivity index (χ0n) is 11.5. The summed E-state index contributed by atoms with van der Waals surface area (Å²) < 4.78 is 0. The average Bonchev–Trinajstić information content (AvgIpc) is 2.34. The Kier molecular flexibility index (Phi) is 4.02. The van der Waals surface area contributed by atoms with Crippen molar-refractivity contribution < 1.29 is 4.79 Å². The van der Waals surface area contributed by atoms with Crippen LogP contribution in [0.3, 0.4) is 0 Å². The molecule has 0 spiro atoms. The molecule has 1 amide bonds. The van der Waals surface area contributed by atoms with Crippen LogP contribution in [0.2, 0.25) is 0 Å². The molecule has 0 aromatic heterocycles. The molecule has 1 aliphatic rings. The van der Waals surface area contributed by atoms with Gasteiger partial charge in [0.2, 0.25) is 5.91 Å². The SMILES string of the molecule is Cc1cc(C)c(NC(=O)[C@@H]2CCCCN2)c(C)c1. The van der Waals surface area contributed by atoms with Crippen molar-refractivity contribution in [3.8, 4) is 0 Å². The summed E-state index contributed by atoms with van der Waals surface area (Å²) in [5, 5.41) is 6.35. The van der Waals surface area contributed by atoms with Crippen LogP contribution in [-0.2, 0) is 4.79 Å². The second-order valence-electron chi connectivity index (χ2n) is 5.27. The van der Waals surface area contributed by atoms with E-state index >= 15 is 0 Å². The zero-order chi connectivity index (χ0) is 13.1. The molecule has 18 heavy (non-hydrogen) atoms. The van der Waals surface area contributed by atoms with E-state index in [4.69, 9.17) is 0 Å². The zero-order valence-corrected chi connectivity index (χ0v) is 11.5. The Morgan fingerprint density at radius 3 is 2.44 bits per heavy atom. The first kappa shape index (κ1) is 13.1. The van der Waals surface area contributed by atoms with Gasteiger partial charge in [-0.15, -0.1) is 0 Å². The van der Waals surface area contributed by atoms with Crippen LogP contribution in [0, 0.1) is 20.8 Å². The Bertz CT molecular complexity index is 425. The van der Waals surface area contributed by atoms with Gasteiger partial charge in [-0.3, -0.25) is 4.79 Å². The highest BCUT2D eigenvalue weighted by Gasteiger charge is 2.21. The number of carbonyl (C=O) groups is 1. The maximum atomic E-state index is 12.2. The molecule has 1 aromatic carbocycles. The molecule has 1 heterocycles. The second kappa shape index (κ2) is 5.53. The van der Waals surface area contributed by atoms with E-state index in [9.17, 15) is 4.79 Å². The molecule has 1 aromatic rings. The molecule has 0 aliphatic carbocycles. The molecule has 1 fully saturated rings. The van der Waals surface area contributed by atoms with Gasteiger partial charge in [-0.2, -0.15) is 0 Å². The van der Waals surface area contributed by atoms with Crippen LogP contribution in [0.15, 0.2) is 12.1 Å². The first-order valence-corrected chi connectivity index (χ1v) is 6.70. The van der Waals surface area contributed by atoms with E-state index in [1.807, 2.05) is 13.8 Å². The standard InChI is InChI=1S/C15H22N2O/c1-10-8-11(2)14(12(3)9-10)17-15(18)13-6-4-5-7-16-13/h8-9,13,16H,4-7H2,1-3H3,(H,17,18)/t13-/m0/s1. The van der Waals surface area contributed by atoms with E-state index in [-0.39, 0.29) is 11.9 Å². The predicted octanol–water partition coefficient (Wildman–Crippen LogP) is 2.69. The summed E-state index contributed by atoms with van der Waals surface area (Å²) in [5.74, 6) is 0.102. The number of piperidine rings is 1. The fraction of sp³-hybridized carbons (Fsp3) is 0.533. The normalized spacial score (nSPS) is 19.6. The van der Waals surface area contributed by atoms with Gasteiger partial charge in [0.1, 0.15) is 0 Å². The molecule has 0 unspecified atom stereocenters. The van der Waals surface area contributed by atoms with Crippen molar-refractivity contribution in [2.75, 3.05) is 11.9 Å². The van der Waals surface area contributed by atoms with E-state index in [1.54, 1.807) is 0 Å². The van der Waals surface area contributed by atoms with E-state index in [1.165, 1.54) is 12.0 Å². The topological polar surface area (TPSA) is 41.1 Å². The number of anilines is 1. The molecular formula is C15H22N2O. The van der Waals surface area contributed by atoms with Crippen molar-refractivity contribution in [3.05, 3.63) is 28.8 Å². The van der Waals surface area contributed by atoms with E-state index in [0.29, 0.717) is 0 Å². The number of aryl methyl sites for hydroxylation is 3. The van der Waals surface area contributed by atoms with Crippen LogP contribution in [0.1, 0.15) is 36.0 Å². The third-order valence-electron chi connectivity index (χ3n) is 3.55. The summed E-state index contributed by atoms with van der Waals surface area (Å²) in [6.07, 6.45) is 3.25. The fourth-order valence-electron chi connectivity index (χ4n) is 2.66. The van der Waals surface area contributed by atoms with Crippen molar-refractivity contribution in [2.45, 2.75) is 46.1 Å². The van der Waals surface area contributed by atoms with Gasteiger partial charge in [0.05, 0.1) is 6.04 Å². The largest absolute Gasteiger partial charge is 0.324 e. The van der Waals surface area contributed by atoms with Gasteiger partial charge in [0.25, 0.3) is 0 Å². The Morgan fingerprint density at radius 2 is 1.89 bits per heavy atom. The minimum absolute atomic E-state index is 0.0288. The molecule has 0 bridgehead atoms. The van der Waals surface area contributed by atoms with Crippen LogP contribution in [0.5, 0.6) is 0 Å². The van der Waals surface area contributed by atoms with Crippen molar-refractivity contribution in [3.63, 3.8) is 0 Å². The van der Waals surface area contributed by atoms with Crippen molar-refractivity contribution >= 4 is 11.6 Å². The van der Waals surface area contributed by atoms with E-state index in [2.05, 4.69) is 29.7 Å². The maximum Gasteiger partial charge on any atom is 0.241 e. The van der Waals surface area contributed by atoms with Gasteiger partial charge in [-0.05, 0) is 51.3 Å². The van der Waals surface area contributed by atoms with Crippen LogP contribution in [0.4, 0.5) is 5.69 Å². The lowest BCUT2D eigenvalue weighted by atomic mass is 10.0. The highest BCUT2D eigenvalue weighted by atomic mass is 16.2. The molecule has 2 rings (SSSR count). The Balaban J connectivity index is 2.11. The van der Waals surface area contributed by atoms with Crippen molar-refractivity contribution in [1.29, 1.82) is 0 Å². The number of amides is 1. The summed E-state index contributed by atoms with van der Waals surface area (Å²) >= 11 is 0. The lowest BCUT2D eigenvalue weighted by Gasteiger charge is -2.23. The fourth-order valence-corrected chi connectivity index (χ4v) is 2.66. The highest BCUT2D eigenvalue weighted by Crippen LogP contribution is 2.22. The van der Waals surface area contributed by atoms with Crippen LogP contribution >= 0.6 is 0 Å². The molecule has 1 aliphatic heterocycles. The minimum Gasteiger partial charge on any atom is -0.324 e. The van der Waals surface area contributed by atoms with Gasteiger partial charge >= 0.3 is 0 Å². The summed E-state index contributed by atoms with van der Waals surface area (Å²) in [4.78, 5) is 12.2. The summed E-state index contributed by atoms with van der Waals surface area (Å²) in [6.45, 7) is 7.12. The number of carbonyl (C=O) groups excluding carboxylic acids is 1. The molecule has 3 nitrogen and oxygen atoms in total. The third kappa shape index (κ3) is 2.91. The van der Waals surface area contributed by atoms with Gasteiger partial charge in [0.15, 0.2) is 0 Å². The van der Waals surface area contributed by atoms with Crippen molar-refractivity contribution in [1.82, 2.24) is 5.32 Å². The smallest absolute Gasteiger partial charge is 0.241 e. The summed E-state index contributed by atoms with van der Waals surface area (Å²) in [7, 11) is 0. The third-order valence-corrected chi connectivity index (χ3v) is 3.55. The van der Waals surface area contributed by atoms with Gasteiger partial charge in [-0.25, -0.2) is 0 Å². The lowest BCUT2D eigenvalue weighted by Crippen LogP contribution is -2.43. The number of rotatable bonds is 2. The van der Waals surface area contributed by atoms with Gasteiger partial charge in [0, 0.05) is 5.69 Å². The van der Waals surface area contributed by atoms with E-state index < -0.39 is 0 Å². The number of benzene rings is 1. The second-order valence-corrected chi connectivity index (χ2v) is 5.27. The van der Waals surface area contributed by atoms with Gasteiger partial charge in [-0.1, -0.05) is 24.1 Å². The first-order valence-electron chi connectivity index (χ1n) is 6.70. The molecular weight excluding hydrogens is 224 g/mol. The molecule has 1 saturated heterocycles. The molecule has 1 atom stereocenters. The number of hydrogen-bond donors (Lipinski definition) is 2. The monoisotopic (exact) mass is 246 g/mol. The Labute approximate surface area is 109 Å². The Hall–Kier alpha value is -1.35. The Morgan fingerprint density at radius 1 is 1.22 bits per heavy atom. The average molecular weight is 246 g/mol. The predicted molar refractivity (Wildman–Crippen MR) is 74.9 cm³/mol. The molecule has 0 saturated carbocycles. The minimum atomic E-state index is -0.0288. The first-order chi connectivity index (χ1) is 8.58. The number of nitrogens with one attached hydrogen (secondary N) is 2. The molecule has 0 radical (unpaired) electrons. The van der Waals surface area contributed by atoms with Gasteiger partial charge < -0.3 is 10.6 Å². The quantitative estimate of drug-likeness (QED) is 0.842. The maximum absolute atomic E-state index is 12.2. The highest BCUT2D eigenvalue weighted by molar-refractivity contribution is 5.96. The van der Waals surface area contributed by atoms with Crippen LogP contribution in [0.25, 0.3) is 0 Å². The number of hydrogen-bond acceptors (Lipinski definition) is 2. The van der Waals surface area contributed by atoms with E-state index in [0.717, 1.165) is 36.2 Å². The molecule has 3 heteroatoms. The lowest BCUT2D eigenvalue weighted by molar-refractivity contribution is -0.118. The summed E-state index contributed by atoms with van der Waals surface area (Å²) in [5.41, 5.74) is 4.48. The van der Waals surface area contributed by atoms with Crippen molar-refractivity contribution in [2.24, 2.45) is 0 Å².